The van der Waals surface area contributed by atoms with Crippen molar-refractivity contribution in [3.63, 3.8) is 0 Å². The van der Waals surface area contributed by atoms with Gasteiger partial charge in [0, 0.05) is 6.54 Å². The van der Waals surface area contributed by atoms with E-state index in [2.05, 4.69) is 36.5 Å². The van der Waals surface area contributed by atoms with Gasteiger partial charge in [-0.05, 0) is 48.9 Å². The zero-order valence-corrected chi connectivity index (χ0v) is 10.9. The number of nitrogens with one attached hydrogen (secondary N) is 1. The molecule has 0 saturated carbocycles. The van der Waals surface area contributed by atoms with Crippen molar-refractivity contribution in [2.75, 3.05) is 7.05 Å². The van der Waals surface area contributed by atoms with Crippen LogP contribution in [0.25, 0.3) is 0 Å². The van der Waals surface area contributed by atoms with E-state index in [0.717, 1.165) is 24.5 Å². The third-order valence-electron chi connectivity index (χ3n) is 2.85. The summed E-state index contributed by atoms with van der Waals surface area (Å²) in [7, 11) is 1.95. The van der Waals surface area contributed by atoms with E-state index in [0.29, 0.717) is 0 Å². The molecule has 2 aromatic rings. The molecule has 0 aliphatic heterocycles. The molecule has 0 heterocycles. The van der Waals surface area contributed by atoms with Gasteiger partial charge in [-0.25, -0.2) is 0 Å². The standard InChI is InChI=1S/C16H19NO/c1-3-13-5-4-6-16(11-13)18-15-9-7-14(8-10-15)12-17-2/h4-11,17H,3,12H2,1-2H3. The summed E-state index contributed by atoms with van der Waals surface area (Å²) in [6.45, 7) is 3.03. The summed E-state index contributed by atoms with van der Waals surface area (Å²) >= 11 is 0. The number of aryl methyl sites for hydroxylation is 1. The lowest BCUT2D eigenvalue weighted by atomic mass is 10.1. The lowest BCUT2D eigenvalue weighted by Crippen LogP contribution is -2.04. The van der Waals surface area contributed by atoms with Crippen LogP contribution in [-0.4, -0.2) is 7.05 Å². The second kappa shape index (κ2) is 6.22. The molecule has 0 atom stereocenters. The van der Waals surface area contributed by atoms with E-state index < -0.39 is 0 Å². The van der Waals surface area contributed by atoms with Gasteiger partial charge in [-0.2, -0.15) is 0 Å². The van der Waals surface area contributed by atoms with Crippen LogP contribution in [0.15, 0.2) is 48.5 Å². The van der Waals surface area contributed by atoms with Crippen LogP contribution in [0, 0.1) is 0 Å². The normalized spacial score (nSPS) is 10.3. The Bertz CT molecular complexity index is 491. The van der Waals surface area contributed by atoms with E-state index in [-0.39, 0.29) is 0 Å². The molecule has 0 spiro atoms. The molecule has 2 nitrogen and oxygen atoms in total. The molecule has 2 heteroatoms. The fourth-order valence-corrected chi connectivity index (χ4v) is 1.84. The maximum absolute atomic E-state index is 5.83. The Balaban J connectivity index is 2.08. The topological polar surface area (TPSA) is 21.3 Å². The Morgan fingerprint density at radius 2 is 1.72 bits per heavy atom. The van der Waals surface area contributed by atoms with Crippen LogP contribution in [0.5, 0.6) is 11.5 Å². The molecular weight excluding hydrogens is 222 g/mol. The van der Waals surface area contributed by atoms with E-state index in [1.807, 2.05) is 31.3 Å². The van der Waals surface area contributed by atoms with Crippen LogP contribution in [0.3, 0.4) is 0 Å². The summed E-state index contributed by atoms with van der Waals surface area (Å²) < 4.78 is 5.83. The Morgan fingerprint density at radius 1 is 0.944 bits per heavy atom. The molecule has 1 N–H and O–H groups in total. The first kappa shape index (κ1) is 12.7. The zero-order valence-electron chi connectivity index (χ0n) is 10.9. The molecule has 0 radical (unpaired) electrons. The van der Waals surface area contributed by atoms with Gasteiger partial charge in [0.2, 0.25) is 0 Å². The number of benzene rings is 2. The lowest BCUT2D eigenvalue weighted by Gasteiger charge is -2.08. The fourth-order valence-electron chi connectivity index (χ4n) is 1.84. The van der Waals surface area contributed by atoms with Gasteiger partial charge in [-0.3, -0.25) is 0 Å². The molecule has 2 aromatic carbocycles. The van der Waals surface area contributed by atoms with Crippen LogP contribution in [0.2, 0.25) is 0 Å². The number of ether oxygens (including phenoxy) is 1. The van der Waals surface area contributed by atoms with Crippen molar-refractivity contribution < 1.29 is 4.74 Å². The summed E-state index contributed by atoms with van der Waals surface area (Å²) in [5.74, 6) is 1.78. The second-order valence-corrected chi connectivity index (χ2v) is 4.28. The summed E-state index contributed by atoms with van der Waals surface area (Å²) in [5, 5.41) is 3.13. The van der Waals surface area contributed by atoms with Gasteiger partial charge < -0.3 is 10.1 Å². The monoisotopic (exact) mass is 241 g/mol. The predicted molar refractivity (Wildman–Crippen MR) is 75.1 cm³/mol. The minimum absolute atomic E-state index is 0.878. The molecule has 0 bridgehead atoms. The van der Waals surface area contributed by atoms with Crippen LogP contribution in [0.1, 0.15) is 18.1 Å². The Kier molecular flexibility index (Phi) is 4.37. The first-order chi connectivity index (χ1) is 8.81. The third-order valence-corrected chi connectivity index (χ3v) is 2.85. The second-order valence-electron chi connectivity index (χ2n) is 4.28. The Morgan fingerprint density at radius 3 is 2.39 bits per heavy atom. The molecule has 0 saturated heterocycles. The molecule has 94 valence electrons. The quantitative estimate of drug-likeness (QED) is 0.860. The van der Waals surface area contributed by atoms with Gasteiger partial charge in [0.15, 0.2) is 0 Å². The van der Waals surface area contributed by atoms with Crippen LogP contribution >= 0.6 is 0 Å². The average Bonchev–Trinajstić information content (AvgIpc) is 2.42. The van der Waals surface area contributed by atoms with Crippen molar-refractivity contribution in [3.05, 3.63) is 59.7 Å². The van der Waals surface area contributed by atoms with Gasteiger partial charge in [-0.1, -0.05) is 31.2 Å². The highest BCUT2D eigenvalue weighted by Gasteiger charge is 1.98. The summed E-state index contributed by atoms with van der Waals surface area (Å²) in [6.07, 6.45) is 1.03. The SMILES string of the molecule is CCc1cccc(Oc2ccc(CNC)cc2)c1. The Labute approximate surface area is 109 Å². The van der Waals surface area contributed by atoms with E-state index >= 15 is 0 Å². The number of hydrogen-bond donors (Lipinski definition) is 1. The molecule has 0 aliphatic carbocycles. The molecule has 2 rings (SSSR count). The highest BCUT2D eigenvalue weighted by molar-refractivity contribution is 5.35. The van der Waals surface area contributed by atoms with Crippen molar-refractivity contribution in [2.45, 2.75) is 19.9 Å². The van der Waals surface area contributed by atoms with E-state index in [1.54, 1.807) is 0 Å². The van der Waals surface area contributed by atoms with Gasteiger partial charge in [0.05, 0.1) is 0 Å². The minimum atomic E-state index is 0.878. The molecular formula is C16H19NO. The van der Waals surface area contributed by atoms with Crippen molar-refractivity contribution in [1.82, 2.24) is 5.32 Å². The highest BCUT2D eigenvalue weighted by Crippen LogP contribution is 2.22. The number of hydrogen-bond acceptors (Lipinski definition) is 2. The summed E-state index contributed by atoms with van der Waals surface area (Å²) in [4.78, 5) is 0. The third kappa shape index (κ3) is 3.34. The van der Waals surface area contributed by atoms with Crippen molar-refractivity contribution >= 4 is 0 Å². The van der Waals surface area contributed by atoms with Crippen LogP contribution < -0.4 is 10.1 Å². The van der Waals surface area contributed by atoms with Crippen LogP contribution in [0.4, 0.5) is 0 Å². The predicted octanol–water partition coefficient (Wildman–Crippen LogP) is 3.76. The summed E-state index contributed by atoms with van der Waals surface area (Å²) in [6, 6.07) is 16.4. The van der Waals surface area contributed by atoms with E-state index in [4.69, 9.17) is 4.74 Å². The van der Waals surface area contributed by atoms with Gasteiger partial charge in [-0.15, -0.1) is 0 Å². The minimum Gasteiger partial charge on any atom is -0.457 e. The average molecular weight is 241 g/mol. The molecule has 18 heavy (non-hydrogen) atoms. The molecule has 0 aromatic heterocycles. The van der Waals surface area contributed by atoms with E-state index in [9.17, 15) is 0 Å². The fraction of sp³-hybridized carbons (Fsp3) is 0.250. The zero-order chi connectivity index (χ0) is 12.8. The summed E-state index contributed by atoms with van der Waals surface area (Å²) in [5.41, 5.74) is 2.55. The van der Waals surface area contributed by atoms with E-state index in [1.165, 1.54) is 11.1 Å². The highest BCUT2D eigenvalue weighted by atomic mass is 16.5. The molecule has 0 aliphatic rings. The maximum atomic E-state index is 5.83. The van der Waals surface area contributed by atoms with Gasteiger partial charge in [0.25, 0.3) is 0 Å². The van der Waals surface area contributed by atoms with Crippen molar-refractivity contribution in [3.8, 4) is 11.5 Å². The van der Waals surface area contributed by atoms with Crippen LogP contribution in [-0.2, 0) is 13.0 Å². The molecule has 0 unspecified atom stereocenters. The van der Waals surface area contributed by atoms with Gasteiger partial charge >= 0.3 is 0 Å². The number of rotatable bonds is 5. The first-order valence-corrected chi connectivity index (χ1v) is 6.32. The molecule has 0 fully saturated rings. The van der Waals surface area contributed by atoms with Gasteiger partial charge in [0.1, 0.15) is 11.5 Å². The van der Waals surface area contributed by atoms with Crippen molar-refractivity contribution in [2.24, 2.45) is 0 Å². The molecule has 0 amide bonds. The Hall–Kier alpha value is -1.80. The largest absolute Gasteiger partial charge is 0.457 e. The first-order valence-electron chi connectivity index (χ1n) is 6.32. The van der Waals surface area contributed by atoms with Crippen molar-refractivity contribution in [1.29, 1.82) is 0 Å². The maximum Gasteiger partial charge on any atom is 0.127 e. The lowest BCUT2D eigenvalue weighted by molar-refractivity contribution is 0.481. The smallest absolute Gasteiger partial charge is 0.127 e.